The number of amides is 1. The molecule has 0 bridgehead atoms. The summed E-state index contributed by atoms with van der Waals surface area (Å²) >= 11 is 5.93. The van der Waals surface area contributed by atoms with Crippen LogP contribution in [-0.4, -0.2) is 43.7 Å². The maximum absolute atomic E-state index is 12.3. The highest BCUT2D eigenvalue weighted by molar-refractivity contribution is 6.31. The van der Waals surface area contributed by atoms with Gasteiger partial charge >= 0.3 is 5.97 Å². The lowest BCUT2D eigenvalue weighted by atomic mass is 9.94. The van der Waals surface area contributed by atoms with Gasteiger partial charge in [0.25, 0.3) is 5.91 Å². The number of aromatic nitrogens is 4. The fourth-order valence-electron chi connectivity index (χ4n) is 1.63. The van der Waals surface area contributed by atoms with Gasteiger partial charge in [0, 0.05) is 11.6 Å². The second kappa shape index (κ2) is 6.10. The zero-order chi connectivity index (χ0) is 16.3. The van der Waals surface area contributed by atoms with Crippen molar-refractivity contribution in [3.05, 3.63) is 35.1 Å². The molecular weight excluding hydrogens is 310 g/mol. The van der Waals surface area contributed by atoms with Gasteiger partial charge in [0.1, 0.15) is 6.33 Å². The first kappa shape index (κ1) is 15.9. The van der Waals surface area contributed by atoms with Crippen LogP contribution in [0, 0.1) is 5.41 Å². The van der Waals surface area contributed by atoms with Crippen molar-refractivity contribution in [3.8, 4) is 5.69 Å². The van der Waals surface area contributed by atoms with Crippen molar-refractivity contribution < 1.29 is 14.7 Å². The molecule has 0 radical (unpaired) electrons. The van der Waals surface area contributed by atoms with Crippen LogP contribution in [0.4, 0.5) is 0 Å². The highest BCUT2D eigenvalue weighted by Crippen LogP contribution is 2.20. The maximum atomic E-state index is 12.3. The Labute approximate surface area is 131 Å². The Balaban J connectivity index is 2.26. The smallest absolute Gasteiger partial charge is 0.310 e. The highest BCUT2D eigenvalue weighted by Gasteiger charge is 2.28. The number of carbonyl (C=O) groups is 2. The van der Waals surface area contributed by atoms with E-state index in [1.807, 2.05) is 0 Å². The van der Waals surface area contributed by atoms with Gasteiger partial charge in [-0.3, -0.25) is 9.59 Å². The second-order valence-electron chi connectivity index (χ2n) is 5.29. The number of carboxylic acid groups (broad SMARTS) is 1. The molecule has 0 aliphatic carbocycles. The monoisotopic (exact) mass is 323 g/mol. The minimum absolute atomic E-state index is 0.0251. The van der Waals surface area contributed by atoms with E-state index in [-0.39, 0.29) is 12.1 Å². The number of halogens is 1. The van der Waals surface area contributed by atoms with E-state index in [0.717, 1.165) is 0 Å². The summed E-state index contributed by atoms with van der Waals surface area (Å²) in [7, 11) is 0. The number of nitrogens with one attached hydrogen (secondary N) is 1. The first-order valence-corrected chi connectivity index (χ1v) is 6.73. The molecule has 9 heteroatoms. The topological polar surface area (TPSA) is 110 Å². The predicted octanol–water partition coefficient (Wildman–Crippen LogP) is 1.16. The van der Waals surface area contributed by atoms with E-state index >= 15 is 0 Å². The first-order valence-electron chi connectivity index (χ1n) is 6.36. The van der Waals surface area contributed by atoms with E-state index in [1.54, 1.807) is 12.1 Å². The molecule has 2 N–H and O–H groups in total. The van der Waals surface area contributed by atoms with Crippen LogP contribution in [0.2, 0.25) is 5.02 Å². The van der Waals surface area contributed by atoms with Crippen LogP contribution in [0.15, 0.2) is 24.5 Å². The van der Waals surface area contributed by atoms with E-state index in [4.69, 9.17) is 16.7 Å². The number of hydrogen-bond acceptors (Lipinski definition) is 5. The van der Waals surface area contributed by atoms with Crippen LogP contribution in [0.1, 0.15) is 24.2 Å². The Kier molecular flexibility index (Phi) is 4.41. The third-order valence-electron chi connectivity index (χ3n) is 3.07. The second-order valence-corrected chi connectivity index (χ2v) is 5.72. The third-order valence-corrected chi connectivity index (χ3v) is 3.30. The van der Waals surface area contributed by atoms with Crippen molar-refractivity contribution in [2.45, 2.75) is 13.8 Å². The fraction of sp³-hybridized carbons (Fsp3) is 0.308. The Bertz CT molecular complexity index is 700. The molecule has 0 saturated carbocycles. The van der Waals surface area contributed by atoms with Crippen molar-refractivity contribution >= 4 is 23.5 Å². The zero-order valence-electron chi connectivity index (χ0n) is 11.9. The molecular formula is C13H14ClN5O3. The summed E-state index contributed by atoms with van der Waals surface area (Å²) in [5.74, 6) is -1.46. The van der Waals surface area contributed by atoms with Gasteiger partial charge in [-0.1, -0.05) is 11.6 Å². The minimum atomic E-state index is -1.08. The normalized spacial score (nSPS) is 11.2. The molecule has 8 nitrogen and oxygen atoms in total. The summed E-state index contributed by atoms with van der Waals surface area (Å²) in [6.07, 6.45) is 1.35. The third kappa shape index (κ3) is 3.40. The summed E-state index contributed by atoms with van der Waals surface area (Å²) in [5, 5.41) is 22.8. The van der Waals surface area contributed by atoms with Crippen molar-refractivity contribution in [1.82, 2.24) is 25.5 Å². The molecule has 116 valence electrons. The molecule has 0 aliphatic rings. The SMILES string of the molecule is CC(C)(CNC(=O)c1cc(Cl)ccc1-n1cnnn1)C(=O)O. The van der Waals surface area contributed by atoms with Gasteiger partial charge in [-0.05, 0) is 42.5 Å². The van der Waals surface area contributed by atoms with E-state index in [0.29, 0.717) is 10.7 Å². The molecule has 1 amide bonds. The number of benzene rings is 1. The van der Waals surface area contributed by atoms with Gasteiger partial charge in [0.05, 0.1) is 16.7 Å². The summed E-state index contributed by atoms with van der Waals surface area (Å²) in [5.41, 5.74) is -0.385. The van der Waals surface area contributed by atoms with Crippen LogP contribution in [-0.2, 0) is 4.79 Å². The predicted molar refractivity (Wildman–Crippen MR) is 77.9 cm³/mol. The maximum Gasteiger partial charge on any atom is 0.310 e. The van der Waals surface area contributed by atoms with Gasteiger partial charge in [0.2, 0.25) is 0 Å². The van der Waals surface area contributed by atoms with Crippen LogP contribution in [0.5, 0.6) is 0 Å². The van der Waals surface area contributed by atoms with Crippen molar-refractivity contribution in [1.29, 1.82) is 0 Å². The molecule has 2 aromatic rings. The molecule has 0 aliphatic heterocycles. The zero-order valence-corrected chi connectivity index (χ0v) is 12.7. The summed E-state index contributed by atoms with van der Waals surface area (Å²) < 4.78 is 1.33. The standard InChI is InChI=1S/C13H14ClN5O3/c1-13(2,12(21)22)6-15-11(20)9-5-8(14)3-4-10(9)19-7-16-17-18-19/h3-5,7H,6H2,1-2H3,(H,15,20)(H,21,22). The molecule has 0 saturated heterocycles. The Morgan fingerprint density at radius 1 is 1.41 bits per heavy atom. The molecule has 0 unspecified atom stereocenters. The van der Waals surface area contributed by atoms with Gasteiger partial charge in [0.15, 0.2) is 0 Å². The molecule has 0 atom stereocenters. The molecule has 22 heavy (non-hydrogen) atoms. The van der Waals surface area contributed by atoms with Gasteiger partial charge < -0.3 is 10.4 Å². The molecule has 0 spiro atoms. The van der Waals surface area contributed by atoms with Crippen LogP contribution in [0.25, 0.3) is 5.69 Å². The number of hydrogen-bond donors (Lipinski definition) is 2. The Morgan fingerprint density at radius 3 is 2.73 bits per heavy atom. The largest absolute Gasteiger partial charge is 0.481 e. The van der Waals surface area contributed by atoms with Gasteiger partial charge in [-0.15, -0.1) is 5.10 Å². The van der Waals surface area contributed by atoms with Gasteiger partial charge in [-0.25, -0.2) is 0 Å². The fourth-order valence-corrected chi connectivity index (χ4v) is 1.81. The highest BCUT2D eigenvalue weighted by atomic mass is 35.5. The number of nitrogens with zero attached hydrogens (tertiary/aromatic N) is 4. The van der Waals surface area contributed by atoms with Crippen LogP contribution >= 0.6 is 11.6 Å². The Morgan fingerprint density at radius 2 is 2.14 bits per heavy atom. The quantitative estimate of drug-likeness (QED) is 0.854. The number of rotatable bonds is 5. The first-order chi connectivity index (χ1) is 10.3. The van der Waals surface area contributed by atoms with E-state index in [2.05, 4.69) is 20.8 Å². The van der Waals surface area contributed by atoms with E-state index in [9.17, 15) is 9.59 Å². The molecule has 1 aromatic heterocycles. The lowest BCUT2D eigenvalue weighted by Gasteiger charge is -2.20. The number of tetrazole rings is 1. The van der Waals surface area contributed by atoms with Crippen LogP contribution in [0.3, 0.4) is 0 Å². The van der Waals surface area contributed by atoms with Crippen LogP contribution < -0.4 is 5.32 Å². The van der Waals surface area contributed by atoms with E-state index in [1.165, 1.54) is 30.9 Å². The molecule has 2 rings (SSSR count). The summed E-state index contributed by atoms with van der Waals surface area (Å²) in [6.45, 7) is 3.02. The summed E-state index contributed by atoms with van der Waals surface area (Å²) in [6, 6.07) is 4.69. The number of carbonyl (C=O) groups excluding carboxylic acids is 1. The number of carboxylic acids is 1. The average molecular weight is 324 g/mol. The minimum Gasteiger partial charge on any atom is -0.481 e. The average Bonchev–Trinajstić information content (AvgIpc) is 2.98. The van der Waals surface area contributed by atoms with Crippen molar-refractivity contribution in [2.75, 3.05) is 6.54 Å². The van der Waals surface area contributed by atoms with Crippen molar-refractivity contribution in [2.24, 2.45) is 5.41 Å². The van der Waals surface area contributed by atoms with Crippen molar-refractivity contribution in [3.63, 3.8) is 0 Å². The molecule has 0 fully saturated rings. The lowest BCUT2D eigenvalue weighted by molar-refractivity contribution is -0.146. The molecule has 1 heterocycles. The Hall–Kier alpha value is -2.48. The molecule has 1 aromatic carbocycles. The van der Waals surface area contributed by atoms with E-state index < -0.39 is 17.3 Å². The lowest BCUT2D eigenvalue weighted by Crippen LogP contribution is -2.39. The van der Waals surface area contributed by atoms with Gasteiger partial charge in [-0.2, -0.15) is 4.68 Å². The number of aliphatic carboxylic acids is 1. The summed E-state index contributed by atoms with van der Waals surface area (Å²) in [4.78, 5) is 23.4.